The van der Waals surface area contributed by atoms with Crippen molar-refractivity contribution in [2.45, 2.75) is 66.0 Å². The topological polar surface area (TPSA) is 61.2 Å². The van der Waals surface area contributed by atoms with E-state index in [0.29, 0.717) is 12.8 Å². The molecule has 0 aliphatic carbocycles. The van der Waals surface area contributed by atoms with Gasteiger partial charge in [-0.1, -0.05) is 44.2 Å². The third-order valence-electron chi connectivity index (χ3n) is 4.54. The number of Topliss-reactive ketones (excluding diaryl/α,β-unsaturated/α-hetero) is 1. The summed E-state index contributed by atoms with van der Waals surface area (Å²) in [4.78, 5) is 28.4. The number of aryl methyl sites for hydroxylation is 2. The van der Waals surface area contributed by atoms with Crippen LogP contribution in [0.4, 0.5) is 0 Å². The van der Waals surface area contributed by atoms with E-state index in [0.717, 1.165) is 18.8 Å². The summed E-state index contributed by atoms with van der Waals surface area (Å²) in [5.74, 6) is 0.561. The molecule has 5 nitrogen and oxygen atoms in total. The van der Waals surface area contributed by atoms with Gasteiger partial charge in [0.15, 0.2) is 6.10 Å². The molecule has 1 heterocycles. The van der Waals surface area contributed by atoms with Gasteiger partial charge in [0.25, 0.3) is 0 Å². The molecule has 0 radical (unpaired) electrons. The molecule has 0 spiro atoms. The Hall–Kier alpha value is -2.43. The monoisotopic (exact) mass is 370 g/mol. The van der Waals surface area contributed by atoms with E-state index in [1.165, 1.54) is 5.56 Å². The Labute approximate surface area is 161 Å². The predicted octanol–water partition coefficient (Wildman–Crippen LogP) is 4.52. The van der Waals surface area contributed by atoms with Crippen molar-refractivity contribution >= 4 is 11.8 Å². The molecule has 146 valence electrons. The zero-order chi connectivity index (χ0) is 19.9. The molecule has 0 unspecified atom stereocenters. The van der Waals surface area contributed by atoms with Crippen molar-refractivity contribution in [2.24, 2.45) is 5.41 Å². The average Bonchev–Trinajstić information content (AvgIpc) is 3.06. The molecule has 1 aromatic heterocycles. The lowest BCUT2D eigenvalue weighted by molar-refractivity contribution is -0.153. The van der Waals surface area contributed by atoms with Crippen LogP contribution in [0.1, 0.15) is 64.4 Å². The van der Waals surface area contributed by atoms with Crippen LogP contribution in [0.5, 0.6) is 0 Å². The van der Waals surface area contributed by atoms with Crippen molar-refractivity contribution in [3.05, 3.63) is 54.1 Å². The van der Waals surface area contributed by atoms with E-state index in [2.05, 4.69) is 17.1 Å². The van der Waals surface area contributed by atoms with Gasteiger partial charge in [0.1, 0.15) is 11.6 Å². The fraction of sp³-hybridized carbons (Fsp3) is 0.500. The molecule has 0 N–H and O–H groups in total. The van der Waals surface area contributed by atoms with Gasteiger partial charge in [-0.05, 0) is 37.7 Å². The highest BCUT2D eigenvalue weighted by molar-refractivity contribution is 5.78. The van der Waals surface area contributed by atoms with E-state index < -0.39 is 11.5 Å². The number of esters is 1. The Kier molecular flexibility index (Phi) is 7.34. The second-order valence-electron chi connectivity index (χ2n) is 7.79. The summed E-state index contributed by atoms with van der Waals surface area (Å²) in [6.07, 6.45) is 5.27. The molecule has 0 bridgehead atoms. The SMILES string of the molecule is CCn1ccnc1[C@@H](CCc1ccccc1)OC(=O)CC(C)(C)CC(C)=O. The fourth-order valence-electron chi connectivity index (χ4n) is 3.39. The summed E-state index contributed by atoms with van der Waals surface area (Å²) in [7, 11) is 0. The fourth-order valence-corrected chi connectivity index (χ4v) is 3.39. The average molecular weight is 370 g/mol. The van der Waals surface area contributed by atoms with Gasteiger partial charge in [0, 0.05) is 25.4 Å². The molecule has 0 aliphatic rings. The first-order valence-corrected chi connectivity index (χ1v) is 9.54. The first-order valence-electron chi connectivity index (χ1n) is 9.54. The quantitative estimate of drug-likeness (QED) is 0.577. The largest absolute Gasteiger partial charge is 0.454 e. The second-order valence-corrected chi connectivity index (χ2v) is 7.79. The van der Waals surface area contributed by atoms with E-state index in [-0.39, 0.29) is 18.2 Å². The number of hydrogen-bond donors (Lipinski definition) is 0. The Balaban J connectivity index is 2.09. The molecule has 2 aromatic rings. The molecule has 5 heteroatoms. The van der Waals surface area contributed by atoms with Gasteiger partial charge in [0.05, 0.1) is 6.42 Å². The summed E-state index contributed by atoms with van der Waals surface area (Å²) in [6.45, 7) is 8.19. The first kappa shape index (κ1) is 20.9. The lowest BCUT2D eigenvalue weighted by Crippen LogP contribution is -2.24. The lowest BCUT2D eigenvalue weighted by atomic mass is 9.84. The van der Waals surface area contributed by atoms with E-state index >= 15 is 0 Å². The van der Waals surface area contributed by atoms with E-state index in [1.807, 2.05) is 49.7 Å². The highest BCUT2D eigenvalue weighted by atomic mass is 16.5. The third-order valence-corrected chi connectivity index (χ3v) is 4.54. The predicted molar refractivity (Wildman–Crippen MR) is 105 cm³/mol. The summed E-state index contributed by atoms with van der Waals surface area (Å²) in [6, 6.07) is 10.1. The van der Waals surface area contributed by atoms with Crippen LogP contribution in [0.2, 0.25) is 0 Å². The van der Waals surface area contributed by atoms with Crippen LogP contribution in [0.25, 0.3) is 0 Å². The van der Waals surface area contributed by atoms with Crippen LogP contribution in [-0.4, -0.2) is 21.3 Å². The zero-order valence-corrected chi connectivity index (χ0v) is 16.8. The van der Waals surface area contributed by atoms with Crippen LogP contribution < -0.4 is 0 Å². The minimum absolute atomic E-state index is 0.0787. The summed E-state index contributed by atoms with van der Waals surface area (Å²) < 4.78 is 7.85. The van der Waals surface area contributed by atoms with Crippen molar-refractivity contribution in [1.29, 1.82) is 0 Å². The molecule has 0 aliphatic heterocycles. The number of imidazole rings is 1. The minimum atomic E-state index is -0.410. The highest BCUT2D eigenvalue weighted by Crippen LogP contribution is 2.29. The Bertz CT molecular complexity index is 750. The number of carbonyl (C=O) groups excluding carboxylic acids is 2. The number of ketones is 1. The molecule has 1 aromatic carbocycles. The summed E-state index contributed by atoms with van der Waals surface area (Å²) >= 11 is 0. The molecule has 0 saturated carbocycles. The van der Waals surface area contributed by atoms with Crippen LogP contribution >= 0.6 is 0 Å². The molecule has 27 heavy (non-hydrogen) atoms. The second kappa shape index (κ2) is 9.49. The third kappa shape index (κ3) is 6.66. The Morgan fingerprint density at radius 2 is 1.89 bits per heavy atom. The Morgan fingerprint density at radius 3 is 2.52 bits per heavy atom. The van der Waals surface area contributed by atoms with Gasteiger partial charge in [-0.3, -0.25) is 4.79 Å². The maximum atomic E-state index is 12.6. The number of nitrogens with zero attached hydrogens (tertiary/aromatic N) is 2. The van der Waals surface area contributed by atoms with Crippen LogP contribution in [0.15, 0.2) is 42.7 Å². The zero-order valence-electron chi connectivity index (χ0n) is 16.8. The van der Waals surface area contributed by atoms with Crippen LogP contribution in [-0.2, 0) is 27.3 Å². The number of rotatable bonds is 10. The number of benzene rings is 1. The maximum absolute atomic E-state index is 12.6. The van der Waals surface area contributed by atoms with Gasteiger partial charge in [-0.15, -0.1) is 0 Å². The number of aromatic nitrogens is 2. The number of carbonyl (C=O) groups is 2. The van der Waals surface area contributed by atoms with Crippen LogP contribution in [0.3, 0.4) is 0 Å². The molecule has 0 saturated heterocycles. The summed E-state index contributed by atoms with van der Waals surface area (Å²) in [5.41, 5.74) is 0.789. The van der Waals surface area contributed by atoms with E-state index in [4.69, 9.17) is 4.74 Å². The maximum Gasteiger partial charge on any atom is 0.307 e. The molecule has 0 fully saturated rings. The normalized spacial score (nSPS) is 12.6. The van der Waals surface area contributed by atoms with Gasteiger partial charge < -0.3 is 14.1 Å². The standard InChI is InChI=1S/C22H30N2O3/c1-5-24-14-13-23-21(24)19(12-11-18-9-7-6-8-10-18)27-20(26)16-22(3,4)15-17(2)25/h6-10,13-14,19H,5,11-12,15-16H2,1-4H3/t19-/m1/s1. The smallest absolute Gasteiger partial charge is 0.307 e. The van der Waals surface area contributed by atoms with Crippen molar-refractivity contribution in [3.63, 3.8) is 0 Å². The van der Waals surface area contributed by atoms with E-state index in [1.54, 1.807) is 13.1 Å². The minimum Gasteiger partial charge on any atom is -0.454 e. The van der Waals surface area contributed by atoms with Crippen molar-refractivity contribution in [2.75, 3.05) is 0 Å². The molecule has 0 amide bonds. The number of hydrogen-bond acceptors (Lipinski definition) is 4. The molecular formula is C22H30N2O3. The highest BCUT2D eigenvalue weighted by Gasteiger charge is 2.28. The molecule has 1 atom stereocenters. The first-order chi connectivity index (χ1) is 12.8. The van der Waals surface area contributed by atoms with Crippen molar-refractivity contribution in [3.8, 4) is 0 Å². The van der Waals surface area contributed by atoms with Crippen molar-refractivity contribution < 1.29 is 14.3 Å². The molecular weight excluding hydrogens is 340 g/mol. The van der Waals surface area contributed by atoms with Crippen LogP contribution in [0, 0.1) is 5.41 Å². The van der Waals surface area contributed by atoms with Gasteiger partial charge in [0.2, 0.25) is 0 Å². The van der Waals surface area contributed by atoms with Crippen molar-refractivity contribution in [1.82, 2.24) is 9.55 Å². The van der Waals surface area contributed by atoms with Gasteiger partial charge in [-0.2, -0.15) is 0 Å². The lowest BCUT2D eigenvalue weighted by Gasteiger charge is -2.24. The van der Waals surface area contributed by atoms with Gasteiger partial charge in [-0.25, -0.2) is 4.98 Å². The Morgan fingerprint density at radius 1 is 1.19 bits per heavy atom. The van der Waals surface area contributed by atoms with E-state index in [9.17, 15) is 9.59 Å². The summed E-state index contributed by atoms with van der Waals surface area (Å²) in [5, 5.41) is 0. The van der Waals surface area contributed by atoms with Gasteiger partial charge >= 0.3 is 5.97 Å². The number of ether oxygens (including phenoxy) is 1. The molecule has 2 rings (SSSR count).